The molecule has 0 aromatic rings. The normalized spacial score (nSPS) is 26.8. The summed E-state index contributed by atoms with van der Waals surface area (Å²) in [5, 5.41) is 9.44. The first-order valence-electron chi connectivity index (χ1n) is 6.20. The lowest BCUT2D eigenvalue weighted by atomic mass is 9.95. The molecule has 1 rings (SSSR count). The minimum absolute atomic E-state index is 0.148. The number of hydrogen-bond acceptors (Lipinski definition) is 3. The van der Waals surface area contributed by atoms with Crippen LogP contribution in [0.3, 0.4) is 0 Å². The van der Waals surface area contributed by atoms with E-state index < -0.39 is 0 Å². The molecular weight excluding hydrogens is 192 g/mol. The standard InChI is InChI=1S/C12H24O3/c1-2-3-7-14-8-9-15-12-6-4-5-11(13)10-12/h11-13H,2-10H2,1H3. The zero-order chi connectivity index (χ0) is 10.9. The van der Waals surface area contributed by atoms with E-state index in [1.165, 1.54) is 6.42 Å². The Kier molecular flexibility index (Phi) is 6.98. The summed E-state index contributed by atoms with van der Waals surface area (Å²) in [4.78, 5) is 0. The lowest BCUT2D eigenvalue weighted by Crippen LogP contribution is -2.27. The molecule has 15 heavy (non-hydrogen) atoms. The number of aliphatic hydroxyl groups excluding tert-OH is 1. The van der Waals surface area contributed by atoms with Crippen molar-refractivity contribution in [1.82, 2.24) is 0 Å². The van der Waals surface area contributed by atoms with Crippen LogP contribution in [0.5, 0.6) is 0 Å². The third kappa shape index (κ3) is 6.13. The summed E-state index contributed by atoms with van der Waals surface area (Å²) in [6.07, 6.45) is 6.32. The molecule has 1 aliphatic rings. The van der Waals surface area contributed by atoms with Crippen LogP contribution < -0.4 is 0 Å². The van der Waals surface area contributed by atoms with E-state index in [1.807, 2.05) is 0 Å². The van der Waals surface area contributed by atoms with Crippen LogP contribution in [0.2, 0.25) is 0 Å². The van der Waals surface area contributed by atoms with Gasteiger partial charge in [0.2, 0.25) is 0 Å². The lowest BCUT2D eigenvalue weighted by molar-refractivity contribution is -0.0370. The van der Waals surface area contributed by atoms with Crippen molar-refractivity contribution in [3.05, 3.63) is 0 Å². The maximum absolute atomic E-state index is 9.44. The van der Waals surface area contributed by atoms with Crippen molar-refractivity contribution < 1.29 is 14.6 Å². The number of unbranched alkanes of at least 4 members (excludes halogenated alkanes) is 1. The van der Waals surface area contributed by atoms with Gasteiger partial charge < -0.3 is 14.6 Å². The van der Waals surface area contributed by atoms with E-state index in [1.54, 1.807) is 0 Å². The molecule has 2 unspecified atom stereocenters. The van der Waals surface area contributed by atoms with Gasteiger partial charge in [0.05, 0.1) is 25.4 Å². The van der Waals surface area contributed by atoms with E-state index in [9.17, 15) is 5.11 Å². The highest BCUT2D eigenvalue weighted by molar-refractivity contribution is 4.72. The summed E-state index contributed by atoms with van der Waals surface area (Å²) in [6, 6.07) is 0. The molecule has 0 aromatic carbocycles. The highest BCUT2D eigenvalue weighted by Crippen LogP contribution is 2.20. The molecule has 0 radical (unpaired) electrons. The smallest absolute Gasteiger partial charge is 0.0704 e. The molecule has 90 valence electrons. The fraction of sp³-hybridized carbons (Fsp3) is 1.00. The van der Waals surface area contributed by atoms with E-state index in [-0.39, 0.29) is 12.2 Å². The lowest BCUT2D eigenvalue weighted by Gasteiger charge is -2.25. The molecular formula is C12H24O3. The van der Waals surface area contributed by atoms with Gasteiger partial charge in [-0.3, -0.25) is 0 Å². The average Bonchev–Trinajstić information content (AvgIpc) is 2.23. The first kappa shape index (κ1) is 12.9. The molecule has 3 heteroatoms. The van der Waals surface area contributed by atoms with Crippen molar-refractivity contribution in [2.45, 2.75) is 57.7 Å². The first-order valence-corrected chi connectivity index (χ1v) is 6.20. The van der Waals surface area contributed by atoms with Crippen LogP contribution >= 0.6 is 0 Å². The highest BCUT2D eigenvalue weighted by Gasteiger charge is 2.20. The van der Waals surface area contributed by atoms with Crippen LogP contribution in [0.1, 0.15) is 45.4 Å². The van der Waals surface area contributed by atoms with Crippen molar-refractivity contribution >= 4 is 0 Å². The fourth-order valence-corrected chi connectivity index (χ4v) is 1.89. The molecule has 1 aliphatic carbocycles. The monoisotopic (exact) mass is 216 g/mol. The molecule has 3 nitrogen and oxygen atoms in total. The van der Waals surface area contributed by atoms with Crippen molar-refractivity contribution in [2.24, 2.45) is 0 Å². The van der Waals surface area contributed by atoms with Gasteiger partial charge in [-0.25, -0.2) is 0 Å². The van der Waals surface area contributed by atoms with Crippen LogP contribution in [0.15, 0.2) is 0 Å². The Labute approximate surface area is 92.8 Å². The van der Waals surface area contributed by atoms with Crippen LogP contribution in [-0.2, 0) is 9.47 Å². The van der Waals surface area contributed by atoms with Crippen LogP contribution in [-0.4, -0.2) is 37.1 Å². The van der Waals surface area contributed by atoms with Crippen molar-refractivity contribution in [2.75, 3.05) is 19.8 Å². The van der Waals surface area contributed by atoms with Gasteiger partial charge in [-0.05, 0) is 32.1 Å². The Morgan fingerprint density at radius 1 is 1.20 bits per heavy atom. The fourth-order valence-electron chi connectivity index (χ4n) is 1.89. The Balaban J connectivity index is 1.90. The molecule has 2 atom stereocenters. The minimum Gasteiger partial charge on any atom is -0.393 e. The van der Waals surface area contributed by atoms with Gasteiger partial charge in [0.1, 0.15) is 0 Å². The molecule has 1 N–H and O–H groups in total. The molecule has 0 heterocycles. The van der Waals surface area contributed by atoms with Crippen molar-refractivity contribution in [1.29, 1.82) is 0 Å². The van der Waals surface area contributed by atoms with Crippen LogP contribution in [0.25, 0.3) is 0 Å². The number of rotatable bonds is 7. The van der Waals surface area contributed by atoms with Crippen LogP contribution in [0.4, 0.5) is 0 Å². The molecule has 0 saturated heterocycles. The van der Waals surface area contributed by atoms with Gasteiger partial charge in [-0.2, -0.15) is 0 Å². The summed E-state index contributed by atoms with van der Waals surface area (Å²) < 4.78 is 11.1. The molecule has 0 amide bonds. The van der Waals surface area contributed by atoms with E-state index in [2.05, 4.69) is 6.92 Å². The largest absolute Gasteiger partial charge is 0.393 e. The third-order valence-electron chi connectivity index (χ3n) is 2.82. The summed E-state index contributed by atoms with van der Waals surface area (Å²) in [5.41, 5.74) is 0. The van der Waals surface area contributed by atoms with Gasteiger partial charge in [-0.1, -0.05) is 13.3 Å². The van der Waals surface area contributed by atoms with Gasteiger partial charge in [0.25, 0.3) is 0 Å². The van der Waals surface area contributed by atoms with E-state index in [0.29, 0.717) is 13.2 Å². The summed E-state index contributed by atoms with van der Waals surface area (Å²) in [7, 11) is 0. The second-order valence-electron chi connectivity index (χ2n) is 4.28. The van der Waals surface area contributed by atoms with E-state index in [0.717, 1.165) is 38.7 Å². The number of ether oxygens (including phenoxy) is 2. The van der Waals surface area contributed by atoms with Crippen molar-refractivity contribution in [3.63, 3.8) is 0 Å². The SMILES string of the molecule is CCCCOCCOC1CCCC(O)C1. The molecule has 0 aliphatic heterocycles. The molecule has 0 bridgehead atoms. The highest BCUT2D eigenvalue weighted by atomic mass is 16.5. The summed E-state index contributed by atoms with van der Waals surface area (Å²) in [5.74, 6) is 0. The number of aliphatic hydroxyl groups is 1. The molecule has 0 spiro atoms. The Hall–Kier alpha value is -0.120. The van der Waals surface area contributed by atoms with E-state index >= 15 is 0 Å². The quantitative estimate of drug-likeness (QED) is 0.662. The zero-order valence-electron chi connectivity index (χ0n) is 9.78. The van der Waals surface area contributed by atoms with Crippen LogP contribution in [0, 0.1) is 0 Å². The zero-order valence-corrected chi connectivity index (χ0v) is 9.78. The molecule has 0 aromatic heterocycles. The second-order valence-corrected chi connectivity index (χ2v) is 4.28. The summed E-state index contributed by atoms with van der Waals surface area (Å²) in [6.45, 7) is 4.35. The van der Waals surface area contributed by atoms with Gasteiger partial charge in [0.15, 0.2) is 0 Å². The van der Waals surface area contributed by atoms with Gasteiger partial charge in [0, 0.05) is 6.61 Å². The summed E-state index contributed by atoms with van der Waals surface area (Å²) >= 11 is 0. The maximum Gasteiger partial charge on any atom is 0.0704 e. The second kappa shape index (κ2) is 8.08. The molecule has 1 fully saturated rings. The Morgan fingerprint density at radius 2 is 2.07 bits per heavy atom. The maximum atomic E-state index is 9.44. The Morgan fingerprint density at radius 3 is 2.80 bits per heavy atom. The first-order chi connectivity index (χ1) is 7.33. The minimum atomic E-state index is -0.148. The van der Waals surface area contributed by atoms with Crippen molar-refractivity contribution in [3.8, 4) is 0 Å². The third-order valence-corrected chi connectivity index (χ3v) is 2.82. The predicted molar refractivity (Wildman–Crippen MR) is 59.9 cm³/mol. The van der Waals surface area contributed by atoms with Gasteiger partial charge >= 0.3 is 0 Å². The molecule has 1 saturated carbocycles. The average molecular weight is 216 g/mol. The van der Waals surface area contributed by atoms with Gasteiger partial charge in [-0.15, -0.1) is 0 Å². The topological polar surface area (TPSA) is 38.7 Å². The van der Waals surface area contributed by atoms with E-state index in [4.69, 9.17) is 9.47 Å². The predicted octanol–water partition coefficient (Wildman–Crippen LogP) is 2.12. The number of hydrogen-bond donors (Lipinski definition) is 1. The Bertz CT molecular complexity index is 150.